The quantitative estimate of drug-likeness (QED) is 0.714. The van der Waals surface area contributed by atoms with Crippen molar-refractivity contribution in [1.29, 1.82) is 0 Å². The van der Waals surface area contributed by atoms with Crippen LogP contribution in [0.15, 0.2) is 12.1 Å². The van der Waals surface area contributed by atoms with E-state index in [0.29, 0.717) is 24.2 Å². The summed E-state index contributed by atoms with van der Waals surface area (Å²) in [4.78, 5) is 10.7. The van der Waals surface area contributed by atoms with E-state index in [1.165, 1.54) is 7.11 Å². The van der Waals surface area contributed by atoms with Crippen LogP contribution in [0, 0.1) is 11.7 Å². The van der Waals surface area contributed by atoms with Crippen LogP contribution in [0.2, 0.25) is 0 Å². The van der Waals surface area contributed by atoms with E-state index >= 15 is 0 Å². The minimum absolute atomic E-state index is 0.00986. The van der Waals surface area contributed by atoms with Gasteiger partial charge in [-0.2, -0.15) is 0 Å². The van der Waals surface area contributed by atoms with Crippen LogP contribution in [0.1, 0.15) is 29.8 Å². The molecular weight excluding hydrogens is 195 g/mol. The maximum atomic E-state index is 13.8. The van der Waals surface area contributed by atoms with Gasteiger partial charge in [-0.15, -0.1) is 0 Å². The number of hydrogen-bond acceptors (Lipinski definition) is 2. The van der Waals surface area contributed by atoms with Crippen molar-refractivity contribution in [3.63, 3.8) is 0 Å². The van der Waals surface area contributed by atoms with E-state index in [1.54, 1.807) is 12.1 Å². The molecule has 0 aliphatic rings. The van der Waals surface area contributed by atoms with E-state index in [1.807, 2.05) is 13.8 Å². The summed E-state index contributed by atoms with van der Waals surface area (Å²) >= 11 is 0. The summed E-state index contributed by atoms with van der Waals surface area (Å²) in [5.74, 6) is 0.181. The lowest BCUT2D eigenvalue weighted by molar-refractivity contribution is 0.111. The van der Waals surface area contributed by atoms with E-state index < -0.39 is 5.82 Å². The van der Waals surface area contributed by atoms with Crippen LogP contribution in [0.25, 0.3) is 0 Å². The number of aldehydes is 1. The predicted molar refractivity (Wildman–Crippen MR) is 56.9 cm³/mol. The van der Waals surface area contributed by atoms with Crippen LogP contribution < -0.4 is 4.74 Å². The normalized spacial score (nSPS) is 10.5. The van der Waals surface area contributed by atoms with E-state index in [9.17, 15) is 9.18 Å². The first-order chi connectivity index (χ1) is 7.10. The highest BCUT2D eigenvalue weighted by molar-refractivity contribution is 5.80. The highest BCUT2D eigenvalue weighted by Crippen LogP contribution is 2.24. The van der Waals surface area contributed by atoms with Gasteiger partial charge in [0.15, 0.2) is 6.29 Å². The minimum atomic E-state index is -0.460. The largest absolute Gasteiger partial charge is 0.496 e. The van der Waals surface area contributed by atoms with Crippen molar-refractivity contribution in [2.75, 3.05) is 7.11 Å². The third kappa shape index (κ3) is 2.55. The van der Waals surface area contributed by atoms with Gasteiger partial charge in [-0.1, -0.05) is 19.9 Å². The fourth-order valence-electron chi connectivity index (χ4n) is 1.51. The molecule has 0 atom stereocenters. The summed E-state index contributed by atoms with van der Waals surface area (Å²) in [7, 11) is 1.42. The second kappa shape index (κ2) is 4.91. The third-order valence-corrected chi connectivity index (χ3v) is 2.19. The number of hydrogen-bond donors (Lipinski definition) is 0. The van der Waals surface area contributed by atoms with Crippen molar-refractivity contribution in [2.24, 2.45) is 5.92 Å². The van der Waals surface area contributed by atoms with Crippen LogP contribution in [0.5, 0.6) is 5.75 Å². The van der Waals surface area contributed by atoms with E-state index in [4.69, 9.17) is 4.74 Å². The monoisotopic (exact) mass is 210 g/mol. The topological polar surface area (TPSA) is 26.3 Å². The second-order valence-electron chi connectivity index (χ2n) is 3.87. The lowest BCUT2D eigenvalue weighted by Gasteiger charge is -2.10. The summed E-state index contributed by atoms with van der Waals surface area (Å²) in [6, 6.07) is 3.30. The summed E-state index contributed by atoms with van der Waals surface area (Å²) in [5, 5.41) is 0. The molecule has 2 nitrogen and oxygen atoms in total. The summed E-state index contributed by atoms with van der Waals surface area (Å²) < 4.78 is 18.7. The Bertz CT molecular complexity index is 359. The van der Waals surface area contributed by atoms with Crippen LogP contribution in [-0.4, -0.2) is 13.4 Å². The van der Waals surface area contributed by atoms with Crippen molar-refractivity contribution >= 4 is 6.29 Å². The molecule has 0 amide bonds. The van der Waals surface area contributed by atoms with E-state index in [-0.39, 0.29) is 11.3 Å². The molecule has 0 unspecified atom stereocenters. The van der Waals surface area contributed by atoms with Gasteiger partial charge in [0.2, 0.25) is 0 Å². The van der Waals surface area contributed by atoms with Crippen LogP contribution >= 0.6 is 0 Å². The van der Waals surface area contributed by atoms with Gasteiger partial charge in [0, 0.05) is 0 Å². The van der Waals surface area contributed by atoms with Crippen molar-refractivity contribution in [3.8, 4) is 5.75 Å². The van der Waals surface area contributed by atoms with E-state index in [0.717, 1.165) is 0 Å². The molecule has 0 aliphatic heterocycles. The van der Waals surface area contributed by atoms with Gasteiger partial charge in [0.25, 0.3) is 0 Å². The Morgan fingerprint density at radius 1 is 1.47 bits per heavy atom. The molecule has 0 radical (unpaired) electrons. The number of rotatable bonds is 4. The Morgan fingerprint density at radius 3 is 2.60 bits per heavy atom. The molecule has 0 aromatic heterocycles. The average Bonchev–Trinajstić information content (AvgIpc) is 2.20. The first-order valence-corrected chi connectivity index (χ1v) is 4.90. The zero-order valence-electron chi connectivity index (χ0n) is 9.21. The second-order valence-corrected chi connectivity index (χ2v) is 3.87. The number of carbonyl (C=O) groups is 1. The molecule has 0 bridgehead atoms. The van der Waals surface area contributed by atoms with Gasteiger partial charge in [0.1, 0.15) is 11.6 Å². The summed E-state index contributed by atoms with van der Waals surface area (Å²) in [6.07, 6.45) is 1.12. The average molecular weight is 210 g/mol. The SMILES string of the molecule is COc1ccc(CC(C)C)c(F)c1C=O. The molecule has 0 fully saturated rings. The molecule has 15 heavy (non-hydrogen) atoms. The Kier molecular flexibility index (Phi) is 3.83. The lowest BCUT2D eigenvalue weighted by Crippen LogP contribution is -2.02. The Hall–Kier alpha value is -1.38. The van der Waals surface area contributed by atoms with Gasteiger partial charge in [-0.05, 0) is 24.0 Å². The molecule has 0 saturated heterocycles. The molecule has 82 valence electrons. The molecule has 1 rings (SSSR count). The van der Waals surface area contributed by atoms with Crippen LogP contribution in [0.3, 0.4) is 0 Å². The Morgan fingerprint density at radius 2 is 2.13 bits per heavy atom. The highest BCUT2D eigenvalue weighted by Gasteiger charge is 2.13. The van der Waals surface area contributed by atoms with E-state index in [2.05, 4.69) is 0 Å². The number of ether oxygens (including phenoxy) is 1. The number of benzene rings is 1. The lowest BCUT2D eigenvalue weighted by atomic mass is 10.00. The number of methoxy groups -OCH3 is 1. The standard InChI is InChI=1S/C12H15FO2/c1-8(2)6-9-4-5-11(15-3)10(7-14)12(9)13/h4-5,7-8H,6H2,1-3H3. The molecule has 1 aromatic carbocycles. The maximum absolute atomic E-state index is 13.8. The molecule has 0 aliphatic carbocycles. The van der Waals surface area contributed by atoms with Crippen molar-refractivity contribution < 1.29 is 13.9 Å². The third-order valence-electron chi connectivity index (χ3n) is 2.19. The zero-order chi connectivity index (χ0) is 11.4. The fraction of sp³-hybridized carbons (Fsp3) is 0.417. The van der Waals surface area contributed by atoms with Crippen molar-refractivity contribution in [2.45, 2.75) is 20.3 Å². The highest BCUT2D eigenvalue weighted by atomic mass is 19.1. The van der Waals surface area contributed by atoms with Gasteiger partial charge in [-0.3, -0.25) is 4.79 Å². The fourth-order valence-corrected chi connectivity index (χ4v) is 1.51. The smallest absolute Gasteiger partial charge is 0.156 e. The molecular formula is C12H15FO2. The maximum Gasteiger partial charge on any atom is 0.156 e. The van der Waals surface area contributed by atoms with Gasteiger partial charge in [-0.25, -0.2) is 4.39 Å². The summed E-state index contributed by atoms with van der Waals surface area (Å²) in [5.41, 5.74) is 0.573. The van der Waals surface area contributed by atoms with Gasteiger partial charge in [0.05, 0.1) is 12.7 Å². The Labute approximate surface area is 89.1 Å². The van der Waals surface area contributed by atoms with Crippen LogP contribution in [0.4, 0.5) is 4.39 Å². The molecule has 0 spiro atoms. The molecule has 0 heterocycles. The minimum Gasteiger partial charge on any atom is -0.496 e. The molecule has 3 heteroatoms. The summed E-state index contributed by atoms with van der Waals surface area (Å²) in [6.45, 7) is 4.01. The van der Waals surface area contributed by atoms with Crippen molar-refractivity contribution in [3.05, 3.63) is 29.1 Å². The van der Waals surface area contributed by atoms with Crippen molar-refractivity contribution in [1.82, 2.24) is 0 Å². The Balaban J connectivity index is 3.17. The molecule has 0 N–H and O–H groups in total. The van der Waals surface area contributed by atoms with Gasteiger partial charge < -0.3 is 4.74 Å². The van der Waals surface area contributed by atoms with Gasteiger partial charge >= 0.3 is 0 Å². The molecule has 1 aromatic rings. The molecule has 0 saturated carbocycles. The zero-order valence-corrected chi connectivity index (χ0v) is 9.21. The number of halogens is 1. The first-order valence-electron chi connectivity index (χ1n) is 4.90. The van der Waals surface area contributed by atoms with Crippen LogP contribution in [-0.2, 0) is 6.42 Å². The number of carbonyl (C=O) groups excluding carboxylic acids is 1. The predicted octanol–water partition coefficient (Wildman–Crippen LogP) is 2.85. The first kappa shape index (κ1) is 11.7.